The second-order valence-corrected chi connectivity index (χ2v) is 9.08. The zero-order valence-corrected chi connectivity index (χ0v) is 19.1. The van der Waals surface area contributed by atoms with Gasteiger partial charge < -0.3 is 25.4 Å². The molecular formula is C23H35N3O5. The average Bonchev–Trinajstić information content (AvgIpc) is 3.38. The minimum atomic E-state index is -0.896. The van der Waals surface area contributed by atoms with Crippen LogP contribution in [0.4, 0.5) is 4.79 Å². The van der Waals surface area contributed by atoms with Gasteiger partial charge in [0, 0.05) is 12.6 Å². The fourth-order valence-electron chi connectivity index (χ4n) is 3.38. The van der Waals surface area contributed by atoms with Gasteiger partial charge in [-0.3, -0.25) is 9.59 Å². The lowest BCUT2D eigenvalue weighted by Crippen LogP contribution is -2.49. The molecule has 0 saturated heterocycles. The molecule has 1 aliphatic carbocycles. The van der Waals surface area contributed by atoms with Gasteiger partial charge >= 0.3 is 6.09 Å². The molecule has 1 fully saturated rings. The number of hydrogen-bond donors (Lipinski definition) is 3. The van der Waals surface area contributed by atoms with Crippen LogP contribution in [0.15, 0.2) is 24.3 Å². The van der Waals surface area contributed by atoms with Crippen LogP contribution in [0.3, 0.4) is 0 Å². The van der Waals surface area contributed by atoms with Gasteiger partial charge in [-0.25, -0.2) is 4.79 Å². The van der Waals surface area contributed by atoms with Gasteiger partial charge in [-0.2, -0.15) is 0 Å². The SMILES string of the molecule is CCCCNC(=O)C(c1cccc(O)c1)N(C(=O)CNC(=O)OC(C)(C)C)C1CC1C. The summed E-state index contributed by atoms with van der Waals surface area (Å²) >= 11 is 0. The zero-order valence-electron chi connectivity index (χ0n) is 19.1. The van der Waals surface area contributed by atoms with Crippen molar-refractivity contribution >= 4 is 17.9 Å². The standard InChI is InChI=1S/C23H35N3O5/c1-6-7-11-24-21(29)20(16-9-8-10-17(27)13-16)26(18-12-15(18)2)19(28)14-25-22(30)31-23(3,4)5/h8-10,13,15,18,20,27H,6-7,11-12,14H2,1-5H3,(H,24,29)(H,25,30). The van der Waals surface area contributed by atoms with Crippen molar-refractivity contribution in [2.75, 3.05) is 13.1 Å². The highest BCUT2D eigenvalue weighted by molar-refractivity contribution is 5.91. The van der Waals surface area contributed by atoms with Crippen LogP contribution in [0.25, 0.3) is 0 Å². The monoisotopic (exact) mass is 433 g/mol. The van der Waals surface area contributed by atoms with Gasteiger partial charge in [0.25, 0.3) is 0 Å². The lowest BCUT2D eigenvalue weighted by Gasteiger charge is -2.32. The Balaban J connectivity index is 2.25. The van der Waals surface area contributed by atoms with Gasteiger partial charge in [0.15, 0.2) is 0 Å². The van der Waals surface area contributed by atoms with Crippen LogP contribution < -0.4 is 10.6 Å². The normalized spacial score (nSPS) is 18.6. The number of hydrogen-bond acceptors (Lipinski definition) is 5. The van der Waals surface area contributed by atoms with Gasteiger partial charge in [-0.1, -0.05) is 32.4 Å². The minimum Gasteiger partial charge on any atom is -0.508 e. The van der Waals surface area contributed by atoms with Crippen LogP contribution in [0, 0.1) is 5.92 Å². The van der Waals surface area contributed by atoms with Gasteiger partial charge in [0.05, 0.1) is 0 Å². The molecule has 31 heavy (non-hydrogen) atoms. The molecule has 1 aromatic carbocycles. The Morgan fingerprint density at radius 1 is 1.26 bits per heavy atom. The van der Waals surface area contributed by atoms with Crippen molar-refractivity contribution in [3.63, 3.8) is 0 Å². The Hall–Kier alpha value is -2.77. The molecule has 0 radical (unpaired) electrons. The molecule has 1 saturated carbocycles. The number of phenols is 1. The van der Waals surface area contributed by atoms with E-state index in [4.69, 9.17) is 4.74 Å². The fraction of sp³-hybridized carbons (Fsp3) is 0.609. The van der Waals surface area contributed by atoms with E-state index < -0.39 is 17.7 Å². The predicted molar refractivity (Wildman–Crippen MR) is 117 cm³/mol. The van der Waals surface area contributed by atoms with Gasteiger partial charge in [0.1, 0.15) is 23.9 Å². The van der Waals surface area contributed by atoms with Crippen LogP contribution in [0.5, 0.6) is 5.75 Å². The topological polar surface area (TPSA) is 108 Å². The Morgan fingerprint density at radius 3 is 2.48 bits per heavy atom. The number of aromatic hydroxyl groups is 1. The highest BCUT2D eigenvalue weighted by Gasteiger charge is 2.46. The first kappa shape index (κ1) is 24.5. The second-order valence-electron chi connectivity index (χ2n) is 9.08. The van der Waals surface area contributed by atoms with Crippen molar-refractivity contribution in [3.05, 3.63) is 29.8 Å². The molecule has 8 nitrogen and oxygen atoms in total. The van der Waals surface area contributed by atoms with E-state index in [0.29, 0.717) is 12.1 Å². The van der Waals surface area contributed by atoms with Crippen molar-refractivity contribution in [2.45, 2.75) is 71.6 Å². The summed E-state index contributed by atoms with van der Waals surface area (Å²) in [5.74, 6) is -0.413. The number of ether oxygens (including phenoxy) is 1. The summed E-state index contributed by atoms with van der Waals surface area (Å²) in [6, 6.07) is 5.38. The summed E-state index contributed by atoms with van der Waals surface area (Å²) in [5.41, 5.74) is -0.153. The van der Waals surface area contributed by atoms with Gasteiger partial charge in [-0.15, -0.1) is 0 Å². The second kappa shape index (κ2) is 10.5. The summed E-state index contributed by atoms with van der Waals surface area (Å²) in [7, 11) is 0. The summed E-state index contributed by atoms with van der Waals surface area (Å²) in [4.78, 5) is 39.9. The first-order valence-electron chi connectivity index (χ1n) is 10.9. The third-order valence-electron chi connectivity index (χ3n) is 5.04. The van der Waals surface area contributed by atoms with Gasteiger partial charge in [-0.05, 0) is 57.2 Å². The first-order chi connectivity index (χ1) is 14.5. The fourth-order valence-corrected chi connectivity index (χ4v) is 3.38. The Kier molecular flexibility index (Phi) is 8.30. The van der Waals surface area contributed by atoms with E-state index in [1.54, 1.807) is 32.9 Å². The van der Waals surface area contributed by atoms with E-state index in [9.17, 15) is 19.5 Å². The number of carbonyl (C=O) groups is 3. The molecule has 0 spiro atoms. The summed E-state index contributed by atoms with van der Waals surface area (Å²) < 4.78 is 5.21. The number of phenolic OH excluding ortho intramolecular Hbond substituents is 1. The highest BCUT2D eigenvalue weighted by atomic mass is 16.6. The molecule has 3 atom stereocenters. The van der Waals surface area contributed by atoms with Crippen LogP contribution in [-0.4, -0.2) is 52.6 Å². The molecule has 0 heterocycles. The lowest BCUT2D eigenvalue weighted by atomic mass is 10.0. The van der Waals surface area contributed by atoms with Crippen LogP contribution in [0.1, 0.15) is 65.5 Å². The summed E-state index contributed by atoms with van der Waals surface area (Å²) in [5, 5.41) is 15.4. The maximum atomic E-state index is 13.2. The maximum absolute atomic E-state index is 13.2. The number of unbranched alkanes of at least 4 members (excludes halogenated alkanes) is 1. The summed E-state index contributed by atoms with van der Waals surface area (Å²) in [6.07, 6.45) is 1.84. The molecule has 0 aliphatic heterocycles. The van der Waals surface area contributed by atoms with Crippen molar-refractivity contribution in [3.8, 4) is 5.75 Å². The summed E-state index contributed by atoms with van der Waals surface area (Å²) in [6.45, 7) is 9.49. The lowest BCUT2D eigenvalue weighted by molar-refractivity contribution is -0.141. The molecule has 3 amide bonds. The third-order valence-corrected chi connectivity index (χ3v) is 5.04. The van der Waals surface area contributed by atoms with E-state index in [0.717, 1.165) is 19.3 Å². The molecule has 2 rings (SSSR count). The third kappa shape index (κ3) is 7.45. The molecule has 0 aromatic heterocycles. The molecular weight excluding hydrogens is 398 g/mol. The molecule has 172 valence electrons. The van der Waals surface area contributed by atoms with Crippen molar-refractivity contribution < 1.29 is 24.2 Å². The molecule has 3 N–H and O–H groups in total. The number of rotatable bonds is 9. The minimum absolute atomic E-state index is 0.0204. The van der Waals surface area contributed by atoms with Gasteiger partial charge in [0.2, 0.25) is 11.8 Å². The molecule has 8 heteroatoms. The van der Waals surface area contributed by atoms with E-state index in [1.165, 1.54) is 17.0 Å². The number of nitrogens with zero attached hydrogens (tertiary/aromatic N) is 1. The van der Waals surface area contributed by atoms with Crippen molar-refractivity contribution in [1.29, 1.82) is 0 Å². The molecule has 1 aliphatic rings. The first-order valence-corrected chi connectivity index (χ1v) is 10.9. The number of carbonyl (C=O) groups excluding carboxylic acids is 3. The number of alkyl carbamates (subject to hydrolysis) is 1. The smallest absolute Gasteiger partial charge is 0.408 e. The Bertz CT molecular complexity index is 790. The van der Waals surface area contributed by atoms with Crippen LogP contribution in [0.2, 0.25) is 0 Å². The highest BCUT2D eigenvalue weighted by Crippen LogP contribution is 2.40. The maximum Gasteiger partial charge on any atom is 0.408 e. The molecule has 1 aromatic rings. The van der Waals surface area contributed by atoms with Crippen molar-refractivity contribution in [2.24, 2.45) is 5.92 Å². The predicted octanol–water partition coefficient (Wildman–Crippen LogP) is 3.11. The number of benzene rings is 1. The zero-order chi connectivity index (χ0) is 23.2. The molecule has 0 bridgehead atoms. The van der Waals surface area contributed by atoms with E-state index in [-0.39, 0.29) is 36.1 Å². The van der Waals surface area contributed by atoms with E-state index >= 15 is 0 Å². The van der Waals surface area contributed by atoms with Crippen LogP contribution >= 0.6 is 0 Å². The Morgan fingerprint density at radius 2 is 1.94 bits per heavy atom. The largest absolute Gasteiger partial charge is 0.508 e. The van der Waals surface area contributed by atoms with Crippen LogP contribution in [-0.2, 0) is 14.3 Å². The Labute approximate surface area is 184 Å². The number of nitrogens with one attached hydrogen (secondary N) is 2. The van der Waals surface area contributed by atoms with E-state index in [2.05, 4.69) is 10.6 Å². The average molecular weight is 434 g/mol. The quantitative estimate of drug-likeness (QED) is 0.519. The number of amides is 3. The molecule has 3 unspecified atom stereocenters. The van der Waals surface area contributed by atoms with E-state index in [1.807, 2.05) is 13.8 Å². The van der Waals surface area contributed by atoms with Crippen molar-refractivity contribution in [1.82, 2.24) is 15.5 Å².